The Morgan fingerprint density at radius 3 is 2.48 bits per heavy atom. The highest BCUT2D eigenvalue weighted by Crippen LogP contribution is 2.29. The Morgan fingerprint density at radius 1 is 1.12 bits per heavy atom. The number of allylic oxidation sites excluding steroid dienone is 1. The van der Waals surface area contributed by atoms with E-state index in [1.54, 1.807) is 24.3 Å². The number of hydrogen-bond acceptors (Lipinski definition) is 1. The van der Waals surface area contributed by atoms with Crippen molar-refractivity contribution in [2.45, 2.75) is 13.8 Å². The van der Waals surface area contributed by atoms with Crippen LogP contribution >= 0.6 is 11.6 Å². The van der Waals surface area contributed by atoms with Gasteiger partial charge in [0.1, 0.15) is 5.82 Å². The van der Waals surface area contributed by atoms with Gasteiger partial charge < -0.3 is 4.57 Å². The zero-order chi connectivity index (χ0) is 18.0. The number of nitrogens with zero attached hydrogens (tertiary/aromatic N) is 2. The van der Waals surface area contributed by atoms with E-state index in [4.69, 9.17) is 11.6 Å². The van der Waals surface area contributed by atoms with Crippen LogP contribution in [0.25, 0.3) is 17.3 Å². The fourth-order valence-corrected chi connectivity index (χ4v) is 3.16. The molecule has 0 fully saturated rings. The lowest BCUT2D eigenvalue weighted by atomic mass is 10.0. The van der Waals surface area contributed by atoms with Crippen molar-refractivity contribution >= 4 is 23.3 Å². The first-order chi connectivity index (χ1) is 12.0. The van der Waals surface area contributed by atoms with Crippen LogP contribution in [0, 0.1) is 31.0 Å². The van der Waals surface area contributed by atoms with Gasteiger partial charge in [-0.3, -0.25) is 0 Å². The standard InChI is InChI=1S/C21H16ClFN2/c1-14-11-16(12-17(13-24)18-7-3-5-9-20(18)23)15(2)25(14)21-10-6-4-8-19(21)22/h3-12H,1-2H3/b17-12-. The highest BCUT2D eigenvalue weighted by Gasteiger charge is 2.13. The summed E-state index contributed by atoms with van der Waals surface area (Å²) in [5, 5.41) is 10.1. The maximum absolute atomic E-state index is 14.0. The Morgan fingerprint density at radius 2 is 1.80 bits per heavy atom. The van der Waals surface area contributed by atoms with Gasteiger partial charge in [-0.2, -0.15) is 5.26 Å². The van der Waals surface area contributed by atoms with Crippen molar-refractivity contribution in [3.05, 3.63) is 88.0 Å². The molecule has 0 aliphatic rings. The van der Waals surface area contributed by atoms with E-state index < -0.39 is 5.82 Å². The average Bonchev–Trinajstić information content (AvgIpc) is 2.88. The van der Waals surface area contributed by atoms with Crippen LogP contribution in [0.5, 0.6) is 0 Å². The van der Waals surface area contributed by atoms with E-state index >= 15 is 0 Å². The molecule has 1 heterocycles. The molecule has 0 aliphatic carbocycles. The molecule has 1 aromatic heterocycles. The minimum Gasteiger partial charge on any atom is -0.316 e. The van der Waals surface area contributed by atoms with Gasteiger partial charge in [0.15, 0.2) is 0 Å². The SMILES string of the molecule is Cc1cc(/C=C(/C#N)c2ccccc2F)c(C)n1-c1ccccc1Cl. The molecule has 124 valence electrons. The van der Waals surface area contributed by atoms with E-state index in [-0.39, 0.29) is 5.57 Å². The summed E-state index contributed by atoms with van der Waals surface area (Å²) in [6, 6.07) is 17.9. The Hall–Kier alpha value is -2.83. The highest BCUT2D eigenvalue weighted by atomic mass is 35.5. The van der Waals surface area contributed by atoms with Gasteiger partial charge in [0.05, 0.1) is 22.4 Å². The molecule has 3 rings (SSSR count). The van der Waals surface area contributed by atoms with Gasteiger partial charge in [0, 0.05) is 17.0 Å². The predicted octanol–water partition coefficient (Wildman–Crippen LogP) is 5.95. The molecule has 25 heavy (non-hydrogen) atoms. The van der Waals surface area contributed by atoms with E-state index in [1.807, 2.05) is 48.7 Å². The molecule has 0 saturated carbocycles. The van der Waals surface area contributed by atoms with Crippen LogP contribution in [-0.2, 0) is 0 Å². The first-order valence-electron chi connectivity index (χ1n) is 7.83. The van der Waals surface area contributed by atoms with E-state index in [0.717, 1.165) is 22.6 Å². The monoisotopic (exact) mass is 350 g/mol. The number of nitriles is 1. The minimum atomic E-state index is -0.407. The Bertz CT molecular complexity index is 1010. The van der Waals surface area contributed by atoms with Crippen LogP contribution in [0.15, 0.2) is 54.6 Å². The van der Waals surface area contributed by atoms with Crippen LogP contribution in [0.2, 0.25) is 5.02 Å². The summed E-state index contributed by atoms with van der Waals surface area (Å²) in [6.45, 7) is 3.93. The lowest BCUT2D eigenvalue weighted by molar-refractivity contribution is 0.624. The third-order valence-corrected chi connectivity index (χ3v) is 4.47. The highest BCUT2D eigenvalue weighted by molar-refractivity contribution is 6.32. The summed E-state index contributed by atoms with van der Waals surface area (Å²) < 4.78 is 16.1. The number of hydrogen-bond donors (Lipinski definition) is 0. The van der Waals surface area contributed by atoms with Gasteiger partial charge in [-0.15, -0.1) is 0 Å². The number of aromatic nitrogens is 1. The molecule has 0 amide bonds. The topological polar surface area (TPSA) is 28.7 Å². The lowest BCUT2D eigenvalue weighted by Crippen LogP contribution is -1.99. The predicted molar refractivity (Wildman–Crippen MR) is 100 cm³/mol. The molecule has 3 aromatic rings. The van der Waals surface area contributed by atoms with Crippen molar-refractivity contribution < 1.29 is 4.39 Å². The Kier molecular flexibility index (Phi) is 4.74. The van der Waals surface area contributed by atoms with Crippen LogP contribution in [0.1, 0.15) is 22.5 Å². The van der Waals surface area contributed by atoms with Crippen LogP contribution in [-0.4, -0.2) is 4.57 Å². The summed E-state index contributed by atoms with van der Waals surface area (Å²) in [7, 11) is 0. The summed E-state index contributed by atoms with van der Waals surface area (Å²) in [4.78, 5) is 0. The number of aryl methyl sites for hydroxylation is 1. The molecular weight excluding hydrogens is 335 g/mol. The minimum absolute atomic E-state index is 0.289. The van der Waals surface area contributed by atoms with Crippen molar-refractivity contribution in [2.75, 3.05) is 0 Å². The average molecular weight is 351 g/mol. The fraction of sp³-hybridized carbons (Fsp3) is 0.0952. The molecule has 0 aliphatic heterocycles. The molecule has 0 atom stereocenters. The molecule has 0 saturated heterocycles. The third-order valence-electron chi connectivity index (χ3n) is 4.15. The van der Waals surface area contributed by atoms with Gasteiger partial charge in [0.25, 0.3) is 0 Å². The van der Waals surface area contributed by atoms with E-state index in [1.165, 1.54) is 6.07 Å². The van der Waals surface area contributed by atoms with Gasteiger partial charge in [-0.25, -0.2) is 4.39 Å². The zero-order valence-electron chi connectivity index (χ0n) is 13.9. The van der Waals surface area contributed by atoms with Crippen LogP contribution < -0.4 is 0 Å². The number of halogens is 2. The molecule has 0 unspecified atom stereocenters. The van der Waals surface area contributed by atoms with Crippen molar-refractivity contribution in [1.82, 2.24) is 4.57 Å². The molecule has 0 radical (unpaired) electrons. The van der Waals surface area contributed by atoms with Crippen molar-refractivity contribution in [3.8, 4) is 11.8 Å². The first kappa shape index (κ1) is 17.0. The molecule has 4 heteroatoms. The van der Waals surface area contributed by atoms with Gasteiger partial charge in [0.2, 0.25) is 0 Å². The normalized spacial score (nSPS) is 11.4. The molecular formula is C21H16ClFN2. The molecule has 0 spiro atoms. The molecule has 0 N–H and O–H groups in total. The summed E-state index contributed by atoms with van der Waals surface area (Å²) in [6.07, 6.45) is 1.72. The summed E-state index contributed by atoms with van der Waals surface area (Å²) in [5.41, 5.74) is 4.25. The zero-order valence-corrected chi connectivity index (χ0v) is 14.7. The number of para-hydroxylation sites is 1. The number of benzene rings is 2. The number of rotatable bonds is 3. The van der Waals surface area contributed by atoms with E-state index in [0.29, 0.717) is 10.6 Å². The molecule has 2 aromatic carbocycles. The van der Waals surface area contributed by atoms with Gasteiger partial charge >= 0.3 is 0 Å². The molecule has 2 nitrogen and oxygen atoms in total. The van der Waals surface area contributed by atoms with Gasteiger partial charge in [-0.05, 0) is 49.8 Å². The van der Waals surface area contributed by atoms with Crippen molar-refractivity contribution in [1.29, 1.82) is 5.26 Å². The maximum atomic E-state index is 14.0. The second-order valence-electron chi connectivity index (χ2n) is 5.76. The molecule has 0 bridgehead atoms. The summed E-state index contributed by atoms with van der Waals surface area (Å²) >= 11 is 6.32. The second-order valence-corrected chi connectivity index (χ2v) is 6.17. The fourth-order valence-electron chi connectivity index (χ4n) is 2.94. The van der Waals surface area contributed by atoms with Crippen LogP contribution in [0.3, 0.4) is 0 Å². The van der Waals surface area contributed by atoms with Crippen LogP contribution in [0.4, 0.5) is 4.39 Å². The second kappa shape index (κ2) is 6.96. The lowest BCUT2D eigenvalue weighted by Gasteiger charge is -2.11. The Labute approximate surface area is 151 Å². The van der Waals surface area contributed by atoms with Crippen molar-refractivity contribution in [2.24, 2.45) is 0 Å². The van der Waals surface area contributed by atoms with E-state index in [9.17, 15) is 9.65 Å². The maximum Gasteiger partial charge on any atom is 0.131 e. The third kappa shape index (κ3) is 3.22. The first-order valence-corrected chi connectivity index (χ1v) is 8.21. The largest absolute Gasteiger partial charge is 0.316 e. The summed E-state index contributed by atoms with van der Waals surface area (Å²) in [5.74, 6) is -0.407. The van der Waals surface area contributed by atoms with Gasteiger partial charge in [-0.1, -0.05) is 41.9 Å². The van der Waals surface area contributed by atoms with Crippen molar-refractivity contribution in [3.63, 3.8) is 0 Å². The van der Waals surface area contributed by atoms with E-state index in [2.05, 4.69) is 6.07 Å². The smallest absolute Gasteiger partial charge is 0.131 e. The Balaban J connectivity index is 2.14. The quantitative estimate of drug-likeness (QED) is 0.536.